The van der Waals surface area contributed by atoms with Crippen LogP contribution in [0.25, 0.3) is 0 Å². The molecule has 0 radical (unpaired) electrons. The molecule has 22 heavy (non-hydrogen) atoms. The summed E-state index contributed by atoms with van der Waals surface area (Å²) in [5, 5.41) is 0. The van der Waals surface area contributed by atoms with Crippen LogP contribution in [0.3, 0.4) is 0 Å². The van der Waals surface area contributed by atoms with E-state index in [1.54, 1.807) is 12.1 Å². The lowest BCUT2D eigenvalue weighted by atomic mass is 10.2. The van der Waals surface area contributed by atoms with Gasteiger partial charge in [0.2, 0.25) is 10.0 Å². The van der Waals surface area contributed by atoms with Crippen LogP contribution in [0.4, 0.5) is 0 Å². The molecule has 0 bridgehead atoms. The number of hydrogen-bond acceptors (Lipinski definition) is 5. The van der Waals surface area contributed by atoms with Gasteiger partial charge in [-0.05, 0) is 45.0 Å². The predicted molar refractivity (Wildman–Crippen MR) is 82.3 cm³/mol. The van der Waals surface area contributed by atoms with E-state index in [1.807, 2.05) is 20.8 Å². The van der Waals surface area contributed by atoms with Crippen molar-refractivity contribution in [3.63, 3.8) is 0 Å². The molecule has 1 fully saturated rings. The highest BCUT2D eigenvalue weighted by atomic mass is 32.2. The average molecular weight is 329 g/mol. The minimum absolute atomic E-state index is 0.0488. The molecule has 1 N–H and O–H groups in total. The topological polar surface area (TPSA) is 73.9 Å². The second kappa shape index (κ2) is 6.95. The van der Waals surface area contributed by atoms with E-state index in [0.29, 0.717) is 25.4 Å². The van der Waals surface area contributed by atoms with Gasteiger partial charge in [-0.25, -0.2) is 13.1 Å². The van der Waals surface area contributed by atoms with Crippen molar-refractivity contribution in [2.75, 3.05) is 19.8 Å². The molecule has 1 aromatic rings. The number of nitrogens with one attached hydrogen (secondary N) is 1. The van der Waals surface area contributed by atoms with Gasteiger partial charge in [-0.15, -0.1) is 0 Å². The van der Waals surface area contributed by atoms with E-state index in [0.717, 1.165) is 0 Å². The lowest BCUT2D eigenvalue weighted by Crippen LogP contribution is -2.33. The zero-order valence-electron chi connectivity index (χ0n) is 13.2. The van der Waals surface area contributed by atoms with Crippen molar-refractivity contribution >= 4 is 10.0 Å². The smallest absolute Gasteiger partial charge is 0.240 e. The van der Waals surface area contributed by atoms with Gasteiger partial charge in [0.15, 0.2) is 5.79 Å². The number of hydrogen-bond donors (Lipinski definition) is 1. The second-order valence-electron chi connectivity index (χ2n) is 5.62. The molecule has 0 unspecified atom stereocenters. The van der Waals surface area contributed by atoms with Crippen LogP contribution >= 0.6 is 0 Å². The lowest BCUT2D eigenvalue weighted by molar-refractivity contribution is -0.145. The summed E-state index contributed by atoms with van der Waals surface area (Å²) in [5.41, 5.74) is 0. The number of ether oxygens (including phenoxy) is 3. The fraction of sp³-hybridized carbons (Fsp3) is 0.600. The molecule has 0 aliphatic carbocycles. The van der Waals surface area contributed by atoms with Gasteiger partial charge in [-0.3, -0.25) is 0 Å². The largest absolute Gasteiger partial charge is 0.491 e. The Morgan fingerprint density at radius 2 is 1.82 bits per heavy atom. The first-order chi connectivity index (χ1) is 10.3. The molecule has 0 amide bonds. The Labute approximate surface area is 131 Å². The van der Waals surface area contributed by atoms with Gasteiger partial charge in [0.1, 0.15) is 5.75 Å². The van der Waals surface area contributed by atoms with Crippen molar-refractivity contribution < 1.29 is 22.6 Å². The third-order valence-corrected chi connectivity index (χ3v) is 4.75. The molecule has 1 aliphatic heterocycles. The van der Waals surface area contributed by atoms with Crippen LogP contribution in [0, 0.1) is 0 Å². The summed E-state index contributed by atoms with van der Waals surface area (Å²) in [7, 11) is -3.54. The van der Waals surface area contributed by atoms with Crippen LogP contribution in [-0.2, 0) is 19.5 Å². The van der Waals surface area contributed by atoms with Crippen molar-refractivity contribution in [3.8, 4) is 5.75 Å². The van der Waals surface area contributed by atoms with Crippen molar-refractivity contribution in [3.05, 3.63) is 24.3 Å². The average Bonchev–Trinajstić information content (AvgIpc) is 2.85. The third kappa shape index (κ3) is 4.67. The Kier molecular flexibility index (Phi) is 5.44. The Balaban J connectivity index is 1.92. The summed E-state index contributed by atoms with van der Waals surface area (Å²) in [4.78, 5) is 0.210. The number of sulfonamides is 1. The summed E-state index contributed by atoms with van der Waals surface area (Å²) in [6.45, 7) is 6.98. The molecule has 6 nitrogen and oxygen atoms in total. The Bertz CT molecular complexity index is 576. The van der Waals surface area contributed by atoms with E-state index in [9.17, 15) is 8.42 Å². The monoisotopic (exact) mass is 329 g/mol. The molecule has 0 aromatic heterocycles. The zero-order valence-corrected chi connectivity index (χ0v) is 14.0. The van der Waals surface area contributed by atoms with Crippen LogP contribution in [-0.4, -0.2) is 40.1 Å². The molecule has 0 atom stereocenters. The van der Waals surface area contributed by atoms with Crippen molar-refractivity contribution in [2.24, 2.45) is 0 Å². The van der Waals surface area contributed by atoms with Gasteiger partial charge in [0.25, 0.3) is 0 Å². The number of rotatable bonds is 7. The zero-order chi connectivity index (χ0) is 16.2. The quantitative estimate of drug-likeness (QED) is 0.827. The maximum atomic E-state index is 12.2. The molecule has 1 aliphatic rings. The van der Waals surface area contributed by atoms with E-state index in [2.05, 4.69) is 4.72 Å². The first-order valence-corrected chi connectivity index (χ1v) is 8.83. The van der Waals surface area contributed by atoms with Crippen LogP contribution in [0.5, 0.6) is 5.75 Å². The van der Waals surface area contributed by atoms with Crippen LogP contribution in [0.15, 0.2) is 29.2 Å². The molecule has 0 spiro atoms. The molecular weight excluding hydrogens is 306 g/mol. The fourth-order valence-corrected chi connectivity index (χ4v) is 3.20. The SMILES string of the molecule is CC(C)Oc1ccc(S(=O)(=O)NCCC2(C)OCCO2)cc1. The summed E-state index contributed by atoms with van der Waals surface area (Å²) < 4.78 is 43.4. The van der Waals surface area contributed by atoms with Gasteiger partial charge in [-0.2, -0.15) is 0 Å². The Morgan fingerprint density at radius 1 is 1.23 bits per heavy atom. The van der Waals surface area contributed by atoms with Gasteiger partial charge in [-0.1, -0.05) is 0 Å². The van der Waals surface area contributed by atoms with Gasteiger partial charge in [0.05, 0.1) is 24.2 Å². The van der Waals surface area contributed by atoms with Crippen molar-refractivity contribution in [1.82, 2.24) is 4.72 Å². The predicted octanol–water partition coefficient (Wildman–Crippen LogP) is 1.91. The molecule has 124 valence electrons. The van der Waals surface area contributed by atoms with Gasteiger partial charge >= 0.3 is 0 Å². The van der Waals surface area contributed by atoms with Crippen molar-refractivity contribution in [1.29, 1.82) is 0 Å². The van der Waals surface area contributed by atoms with Crippen LogP contribution < -0.4 is 9.46 Å². The minimum Gasteiger partial charge on any atom is -0.491 e. The van der Waals surface area contributed by atoms with E-state index >= 15 is 0 Å². The Morgan fingerprint density at radius 3 is 2.36 bits per heavy atom. The summed E-state index contributed by atoms with van der Waals surface area (Å²) in [6, 6.07) is 6.37. The summed E-state index contributed by atoms with van der Waals surface area (Å²) in [5.74, 6) is -0.0495. The van der Waals surface area contributed by atoms with E-state index in [1.165, 1.54) is 12.1 Å². The maximum Gasteiger partial charge on any atom is 0.240 e. The highest BCUT2D eigenvalue weighted by Crippen LogP contribution is 2.22. The van der Waals surface area contributed by atoms with Gasteiger partial charge < -0.3 is 14.2 Å². The van der Waals surface area contributed by atoms with Crippen LogP contribution in [0.2, 0.25) is 0 Å². The van der Waals surface area contributed by atoms with E-state index in [-0.39, 0.29) is 17.5 Å². The first-order valence-electron chi connectivity index (χ1n) is 7.35. The van der Waals surface area contributed by atoms with Crippen molar-refractivity contribution in [2.45, 2.75) is 44.0 Å². The molecular formula is C15H23NO5S. The normalized spacial score (nSPS) is 17.8. The Hall–Kier alpha value is -1.15. The fourth-order valence-electron chi connectivity index (χ4n) is 2.17. The number of benzene rings is 1. The molecule has 0 saturated carbocycles. The lowest BCUT2D eigenvalue weighted by Gasteiger charge is -2.22. The molecule has 1 aromatic carbocycles. The molecule has 2 rings (SSSR count). The maximum absolute atomic E-state index is 12.2. The standard InChI is InChI=1S/C15H23NO5S/c1-12(2)21-13-4-6-14(7-5-13)22(17,18)16-9-8-15(3)19-10-11-20-15/h4-7,12,16H,8-11H2,1-3H3. The highest BCUT2D eigenvalue weighted by Gasteiger charge is 2.30. The highest BCUT2D eigenvalue weighted by molar-refractivity contribution is 7.89. The van der Waals surface area contributed by atoms with E-state index < -0.39 is 15.8 Å². The third-order valence-electron chi connectivity index (χ3n) is 3.28. The van der Waals surface area contributed by atoms with Crippen LogP contribution in [0.1, 0.15) is 27.2 Å². The minimum atomic E-state index is -3.54. The molecule has 1 heterocycles. The molecule has 1 saturated heterocycles. The van der Waals surface area contributed by atoms with Gasteiger partial charge in [0, 0.05) is 13.0 Å². The first kappa shape index (κ1) is 17.2. The summed E-state index contributed by atoms with van der Waals surface area (Å²) >= 11 is 0. The molecule has 7 heteroatoms. The second-order valence-corrected chi connectivity index (χ2v) is 7.38. The summed E-state index contributed by atoms with van der Waals surface area (Å²) in [6.07, 6.45) is 0.508. The van der Waals surface area contributed by atoms with E-state index in [4.69, 9.17) is 14.2 Å².